The highest BCUT2D eigenvalue weighted by atomic mass is 79.9. The van der Waals surface area contributed by atoms with E-state index in [9.17, 15) is 13.4 Å². The molecule has 0 amide bonds. The molecule has 10 heteroatoms. The Balaban J connectivity index is 1.66. The number of fused-ring (bicyclic) bond motifs is 2. The summed E-state index contributed by atoms with van der Waals surface area (Å²) in [5, 5.41) is 9.73. The first-order valence-corrected chi connectivity index (χ1v) is 8.29. The van der Waals surface area contributed by atoms with Crippen molar-refractivity contribution in [1.82, 2.24) is 8.96 Å². The van der Waals surface area contributed by atoms with Crippen LogP contribution in [-0.2, 0) is 9.47 Å². The Labute approximate surface area is 142 Å². The highest BCUT2D eigenvalue weighted by molar-refractivity contribution is 9.10. The fourth-order valence-electron chi connectivity index (χ4n) is 2.89. The molecule has 0 spiro atoms. The van der Waals surface area contributed by atoms with Gasteiger partial charge in [-0.3, -0.25) is 0 Å². The molecule has 124 valence electrons. The summed E-state index contributed by atoms with van der Waals surface area (Å²) in [6.07, 6.45) is -2.04. The van der Waals surface area contributed by atoms with Crippen molar-refractivity contribution in [3.63, 3.8) is 0 Å². The van der Waals surface area contributed by atoms with Crippen LogP contribution in [0.1, 0.15) is 0 Å². The lowest BCUT2D eigenvalue weighted by molar-refractivity contribution is 0.00776. The molecule has 2 aliphatic rings. The van der Waals surface area contributed by atoms with Crippen LogP contribution in [0.3, 0.4) is 0 Å². The zero-order valence-corrected chi connectivity index (χ0v) is 13.9. The van der Waals surface area contributed by atoms with Crippen molar-refractivity contribution in [1.29, 1.82) is 0 Å². The Morgan fingerprint density at radius 3 is 2.91 bits per heavy atom. The van der Waals surface area contributed by atoms with Gasteiger partial charge < -0.3 is 19.3 Å². The SMILES string of the molecule is O[C@@H]1CO[C@H]2C1OC[C@H]2Oc1cc2nc(Br)c(F)cc2n1SF. The van der Waals surface area contributed by atoms with Gasteiger partial charge in [-0.15, -0.1) is 3.89 Å². The molecule has 2 saturated heterocycles. The van der Waals surface area contributed by atoms with E-state index in [1.165, 1.54) is 12.1 Å². The molecule has 4 atom stereocenters. The summed E-state index contributed by atoms with van der Waals surface area (Å²) in [7, 11) is 0. The lowest BCUT2D eigenvalue weighted by Crippen LogP contribution is -2.34. The van der Waals surface area contributed by atoms with Crippen molar-refractivity contribution in [2.24, 2.45) is 0 Å². The summed E-state index contributed by atoms with van der Waals surface area (Å²) in [6, 6.07) is 2.69. The average molecular weight is 409 g/mol. The van der Waals surface area contributed by atoms with Gasteiger partial charge in [-0.1, -0.05) is 0 Å². The smallest absolute Gasteiger partial charge is 0.209 e. The van der Waals surface area contributed by atoms with Crippen molar-refractivity contribution in [2.75, 3.05) is 13.2 Å². The van der Waals surface area contributed by atoms with Gasteiger partial charge >= 0.3 is 0 Å². The van der Waals surface area contributed by atoms with Crippen molar-refractivity contribution in [2.45, 2.75) is 24.4 Å². The molecule has 1 unspecified atom stereocenters. The van der Waals surface area contributed by atoms with Crippen molar-refractivity contribution in [3.05, 3.63) is 22.6 Å². The minimum atomic E-state index is -0.693. The quantitative estimate of drug-likeness (QED) is 0.785. The number of aliphatic hydroxyl groups is 1. The van der Waals surface area contributed by atoms with Gasteiger partial charge in [0, 0.05) is 12.1 Å². The zero-order chi connectivity index (χ0) is 16.1. The number of pyridine rings is 1. The number of aromatic nitrogens is 2. The monoisotopic (exact) mass is 408 g/mol. The molecule has 0 aliphatic carbocycles. The molecule has 0 radical (unpaired) electrons. The van der Waals surface area contributed by atoms with Crippen LogP contribution < -0.4 is 4.74 Å². The van der Waals surface area contributed by atoms with Gasteiger partial charge in [0.2, 0.25) is 5.88 Å². The third-order valence-corrected chi connectivity index (χ3v) is 5.01. The van der Waals surface area contributed by atoms with Crippen LogP contribution in [0.5, 0.6) is 5.88 Å². The summed E-state index contributed by atoms with van der Waals surface area (Å²) < 4.78 is 44.8. The van der Waals surface area contributed by atoms with E-state index in [1.807, 2.05) is 0 Å². The van der Waals surface area contributed by atoms with E-state index in [0.29, 0.717) is 5.52 Å². The second kappa shape index (κ2) is 5.85. The second-order valence-corrected chi connectivity index (χ2v) is 6.59. The fourth-order valence-corrected chi connectivity index (χ4v) is 3.58. The Bertz CT molecular complexity index is 761. The summed E-state index contributed by atoms with van der Waals surface area (Å²) >= 11 is 2.89. The molecule has 0 bridgehead atoms. The van der Waals surface area contributed by atoms with E-state index >= 15 is 0 Å². The largest absolute Gasteiger partial charge is 0.469 e. The first-order chi connectivity index (χ1) is 11.1. The van der Waals surface area contributed by atoms with Crippen LogP contribution in [0.2, 0.25) is 0 Å². The van der Waals surface area contributed by atoms with Gasteiger partial charge in [-0.2, -0.15) is 0 Å². The van der Waals surface area contributed by atoms with Gasteiger partial charge in [0.15, 0.2) is 24.3 Å². The van der Waals surface area contributed by atoms with Crippen LogP contribution in [0.4, 0.5) is 8.28 Å². The molecule has 2 fully saturated rings. The molecule has 6 nitrogen and oxygen atoms in total. The standard InChI is InChI=1S/C13H11BrF2N2O4S/c14-13-5(15)1-7-6(17-13)2-10(18(7)23-16)22-9-4-21-11-8(19)3-20-12(9)11/h1-2,8-9,11-12,19H,3-4H2/t8-,9-,11?,12-/m1/s1. The van der Waals surface area contributed by atoms with Crippen LogP contribution in [0.15, 0.2) is 16.7 Å². The van der Waals surface area contributed by atoms with E-state index in [1.54, 1.807) is 0 Å². The average Bonchev–Trinajstić information content (AvgIpc) is 3.17. The molecule has 2 aromatic heterocycles. The molecule has 1 N–H and O–H groups in total. The third kappa shape index (κ3) is 2.52. The van der Waals surface area contributed by atoms with Crippen molar-refractivity contribution >= 4 is 39.3 Å². The lowest BCUT2D eigenvalue weighted by atomic mass is 10.1. The number of nitrogens with zero attached hydrogens (tertiary/aromatic N) is 2. The number of halogens is 3. The van der Waals surface area contributed by atoms with Crippen molar-refractivity contribution in [3.8, 4) is 5.88 Å². The number of aliphatic hydroxyl groups excluding tert-OH is 1. The van der Waals surface area contributed by atoms with Crippen LogP contribution >= 0.6 is 28.3 Å². The Morgan fingerprint density at radius 2 is 2.13 bits per heavy atom. The molecule has 4 rings (SSSR count). The normalized spacial score (nSPS) is 30.1. The minimum Gasteiger partial charge on any atom is -0.469 e. The van der Waals surface area contributed by atoms with Crippen molar-refractivity contribution < 1.29 is 27.6 Å². The first-order valence-electron chi connectivity index (χ1n) is 6.83. The predicted molar refractivity (Wildman–Crippen MR) is 81.4 cm³/mol. The molecule has 2 aliphatic heterocycles. The summed E-state index contributed by atoms with van der Waals surface area (Å²) in [5.74, 6) is -0.416. The van der Waals surface area contributed by atoms with Gasteiger partial charge in [-0.25, -0.2) is 13.3 Å². The van der Waals surface area contributed by atoms with E-state index in [0.717, 1.165) is 3.97 Å². The predicted octanol–water partition coefficient (Wildman–Crippen LogP) is 2.22. The molecule has 2 aromatic rings. The Hall–Kier alpha value is -0.940. The highest BCUT2D eigenvalue weighted by Gasteiger charge is 2.48. The highest BCUT2D eigenvalue weighted by Crippen LogP contribution is 2.35. The zero-order valence-electron chi connectivity index (χ0n) is 11.5. The van der Waals surface area contributed by atoms with E-state index in [2.05, 4.69) is 20.9 Å². The minimum absolute atomic E-state index is 0.0454. The molecule has 0 saturated carbocycles. The third-order valence-electron chi connectivity index (χ3n) is 3.94. The van der Waals surface area contributed by atoms with Gasteiger partial charge in [0.25, 0.3) is 0 Å². The van der Waals surface area contributed by atoms with Gasteiger partial charge in [-0.05, 0) is 15.9 Å². The summed E-state index contributed by atoms with van der Waals surface area (Å²) in [5.41, 5.74) is 0.650. The maximum absolute atomic E-state index is 13.6. The van der Waals surface area contributed by atoms with E-state index in [-0.39, 0.29) is 41.5 Å². The number of hydrogen-bond acceptors (Lipinski definition) is 6. The van der Waals surface area contributed by atoms with Gasteiger partial charge in [0.05, 0.1) is 24.2 Å². The fraction of sp³-hybridized carbons (Fsp3) is 0.462. The summed E-state index contributed by atoms with van der Waals surface area (Å²) in [4.78, 5) is 4.02. The van der Waals surface area contributed by atoms with Crippen LogP contribution in [-0.4, -0.2) is 51.7 Å². The topological polar surface area (TPSA) is 65.7 Å². The number of hydrogen-bond donors (Lipinski definition) is 1. The molecule has 4 heterocycles. The maximum atomic E-state index is 13.6. The molecule has 0 aromatic carbocycles. The summed E-state index contributed by atoms with van der Waals surface area (Å²) in [6.45, 7) is 0.395. The van der Waals surface area contributed by atoms with Crippen LogP contribution in [0, 0.1) is 5.82 Å². The molecular formula is C13H11BrF2N2O4S. The Morgan fingerprint density at radius 1 is 1.35 bits per heavy atom. The Kier molecular flexibility index (Phi) is 3.96. The van der Waals surface area contributed by atoms with Crippen LogP contribution in [0.25, 0.3) is 11.0 Å². The van der Waals surface area contributed by atoms with E-state index < -0.39 is 30.2 Å². The van der Waals surface area contributed by atoms with E-state index in [4.69, 9.17) is 14.2 Å². The second-order valence-electron chi connectivity index (χ2n) is 5.33. The molecule has 23 heavy (non-hydrogen) atoms. The number of ether oxygens (including phenoxy) is 3. The molecular weight excluding hydrogens is 398 g/mol. The lowest BCUT2D eigenvalue weighted by Gasteiger charge is -2.17. The maximum Gasteiger partial charge on any atom is 0.209 e. The first kappa shape index (κ1) is 15.6. The number of rotatable bonds is 3. The van der Waals surface area contributed by atoms with Gasteiger partial charge in [0.1, 0.15) is 22.9 Å².